The van der Waals surface area contributed by atoms with Crippen LogP contribution in [0.25, 0.3) is 10.9 Å². The van der Waals surface area contributed by atoms with Gasteiger partial charge >= 0.3 is 0 Å². The lowest BCUT2D eigenvalue weighted by Crippen LogP contribution is -2.32. The monoisotopic (exact) mass is 679 g/mol. The third-order valence-electron chi connectivity index (χ3n) is 9.09. The van der Waals surface area contributed by atoms with E-state index in [-0.39, 0.29) is 36.8 Å². The van der Waals surface area contributed by atoms with Crippen LogP contribution in [0.4, 0.5) is 0 Å². The van der Waals surface area contributed by atoms with Gasteiger partial charge in [0.25, 0.3) is 5.91 Å². The summed E-state index contributed by atoms with van der Waals surface area (Å²) in [5, 5.41) is 27.4. The van der Waals surface area contributed by atoms with E-state index in [9.17, 15) is 15.0 Å². The minimum atomic E-state index is -0.233. The van der Waals surface area contributed by atoms with E-state index in [4.69, 9.17) is 14.2 Å². The molecule has 9 heteroatoms. The van der Waals surface area contributed by atoms with Crippen molar-refractivity contribution in [1.29, 1.82) is 0 Å². The van der Waals surface area contributed by atoms with Gasteiger partial charge in [-0.05, 0) is 72.7 Å². The summed E-state index contributed by atoms with van der Waals surface area (Å²) in [5.41, 5.74) is 5.98. The Labute approximate surface area is 294 Å². The van der Waals surface area contributed by atoms with Crippen molar-refractivity contribution in [1.82, 2.24) is 15.6 Å². The van der Waals surface area contributed by atoms with Gasteiger partial charge in [0.15, 0.2) is 0 Å². The lowest BCUT2D eigenvalue weighted by Gasteiger charge is -2.22. The fraction of sp³-hybridized carbons (Fsp3) is 0.341. The van der Waals surface area contributed by atoms with E-state index >= 15 is 0 Å². The van der Waals surface area contributed by atoms with Gasteiger partial charge in [0.1, 0.15) is 35.3 Å². The number of aromatic nitrogens is 1. The van der Waals surface area contributed by atoms with Gasteiger partial charge in [-0.15, -0.1) is 0 Å². The normalized spacial score (nSPS) is 12.4. The van der Waals surface area contributed by atoms with Crippen LogP contribution in [0, 0.1) is 0 Å². The van der Waals surface area contributed by atoms with Gasteiger partial charge in [-0.3, -0.25) is 4.79 Å². The Morgan fingerprint density at radius 2 is 1.68 bits per heavy atom. The molecule has 9 nitrogen and oxygen atoms in total. The molecule has 1 aromatic heterocycles. The molecular weight excluding hydrogens is 630 g/mol. The maximum atomic E-state index is 13.3. The number of carbonyl (C=O) groups excluding carboxylic acids is 1. The number of hydrogen-bond acceptors (Lipinski definition) is 7. The van der Waals surface area contributed by atoms with E-state index in [2.05, 4.69) is 41.6 Å². The summed E-state index contributed by atoms with van der Waals surface area (Å²) in [4.78, 5) is 16.5. The molecule has 5 aromatic rings. The highest BCUT2D eigenvalue weighted by Crippen LogP contribution is 2.35. The van der Waals surface area contributed by atoms with Crippen molar-refractivity contribution in [2.75, 3.05) is 20.8 Å². The number of aromatic hydroxyl groups is 1. The minimum Gasteiger partial charge on any atom is -0.508 e. The molecule has 5 N–H and O–H groups in total. The molecule has 0 aliphatic heterocycles. The molecule has 5 rings (SSSR count). The van der Waals surface area contributed by atoms with Crippen LogP contribution in [0.1, 0.15) is 77.3 Å². The average Bonchev–Trinajstić information content (AvgIpc) is 3.57. The number of hydrogen-bond donors (Lipinski definition) is 5. The maximum Gasteiger partial charge on any atom is 0.268 e. The Balaban J connectivity index is 1.20. The molecule has 1 amide bonds. The van der Waals surface area contributed by atoms with E-state index < -0.39 is 0 Å². The van der Waals surface area contributed by atoms with E-state index in [1.165, 1.54) is 5.56 Å². The fourth-order valence-corrected chi connectivity index (χ4v) is 6.25. The number of aliphatic hydroxyl groups excluding tert-OH is 1. The molecule has 0 aliphatic rings. The van der Waals surface area contributed by atoms with Crippen LogP contribution in [0.3, 0.4) is 0 Å². The van der Waals surface area contributed by atoms with Crippen molar-refractivity contribution >= 4 is 16.8 Å². The molecule has 2 atom stereocenters. The molecule has 2 unspecified atom stereocenters. The van der Waals surface area contributed by atoms with Crippen LogP contribution in [-0.4, -0.2) is 47.9 Å². The maximum absolute atomic E-state index is 13.3. The molecule has 1 heterocycles. The highest BCUT2D eigenvalue weighted by Gasteiger charge is 2.18. The van der Waals surface area contributed by atoms with Crippen molar-refractivity contribution < 1.29 is 29.2 Å². The van der Waals surface area contributed by atoms with Crippen LogP contribution >= 0.6 is 0 Å². The highest BCUT2D eigenvalue weighted by molar-refractivity contribution is 5.98. The van der Waals surface area contributed by atoms with Gasteiger partial charge in [0, 0.05) is 41.2 Å². The third kappa shape index (κ3) is 9.37. The number of benzene rings is 4. The van der Waals surface area contributed by atoms with Gasteiger partial charge < -0.3 is 40.0 Å². The second kappa shape index (κ2) is 17.6. The van der Waals surface area contributed by atoms with E-state index in [1.54, 1.807) is 32.4 Å². The first-order valence-corrected chi connectivity index (χ1v) is 17.3. The Bertz CT molecular complexity index is 1830. The molecule has 4 aromatic carbocycles. The number of amides is 1. The second-order valence-electron chi connectivity index (χ2n) is 12.8. The zero-order valence-electron chi connectivity index (χ0n) is 29.4. The molecule has 0 bridgehead atoms. The van der Waals surface area contributed by atoms with Crippen molar-refractivity contribution in [2.24, 2.45) is 0 Å². The predicted molar refractivity (Wildman–Crippen MR) is 197 cm³/mol. The SMILES string of the molecule is CCCCC(CNC(C)Cc1ccc2[nH]c(C(=O)NCc3c(OC)cc(OCc4ccccc4)cc3OC)cc2c1)c1ccc(O)c(CO)c1. The summed E-state index contributed by atoms with van der Waals surface area (Å²) >= 11 is 0. The first-order chi connectivity index (χ1) is 24.3. The summed E-state index contributed by atoms with van der Waals surface area (Å²) in [6.45, 7) is 5.60. The van der Waals surface area contributed by atoms with Gasteiger partial charge in [0.2, 0.25) is 0 Å². The van der Waals surface area contributed by atoms with Gasteiger partial charge in [-0.1, -0.05) is 62.2 Å². The number of nitrogens with one attached hydrogen (secondary N) is 3. The zero-order chi connectivity index (χ0) is 35.5. The van der Waals surface area contributed by atoms with Gasteiger partial charge in [-0.2, -0.15) is 0 Å². The smallest absolute Gasteiger partial charge is 0.268 e. The van der Waals surface area contributed by atoms with E-state index in [0.29, 0.717) is 40.7 Å². The lowest BCUT2D eigenvalue weighted by molar-refractivity contribution is 0.0946. The number of ether oxygens (including phenoxy) is 3. The van der Waals surface area contributed by atoms with Crippen LogP contribution in [0.5, 0.6) is 23.0 Å². The Hall–Kier alpha value is -4.99. The largest absolute Gasteiger partial charge is 0.508 e. The Morgan fingerprint density at radius 1 is 0.920 bits per heavy atom. The van der Waals surface area contributed by atoms with Crippen molar-refractivity contribution in [3.63, 3.8) is 0 Å². The number of aromatic amines is 1. The van der Waals surface area contributed by atoms with E-state index in [0.717, 1.165) is 54.3 Å². The number of fused-ring (bicyclic) bond motifs is 1. The molecule has 264 valence electrons. The molecule has 0 radical (unpaired) electrons. The molecule has 50 heavy (non-hydrogen) atoms. The minimum absolute atomic E-state index is 0.128. The van der Waals surface area contributed by atoms with Crippen molar-refractivity contribution in [2.45, 2.75) is 71.2 Å². The molecule has 0 saturated carbocycles. The molecule has 0 spiro atoms. The van der Waals surface area contributed by atoms with Gasteiger partial charge in [0.05, 0.1) is 32.9 Å². The summed E-state index contributed by atoms with van der Waals surface area (Å²) in [7, 11) is 3.17. The lowest BCUT2D eigenvalue weighted by atomic mass is 9.91. The number of carbonyl (C=O) groups is 1. The van der Waals surface area contributed by atoms with Crippen LogP contribution in [-0.2, 0) is 26.2 Å². The number of methoxy groups -OCH3 is 2. The molecular formula is C41H49N3O6. The Morgan fingerprint density at radius 3 is 2.38 bits per heavy atom. The topological polar surface area (TPSA) is 125 Å². The number of H-pyrrole nitrogens is 1. The number of unbranched alkanes of at least 4 members (excludes halogenated alkanes) is 1. The summed E-state index contributed by atoms with van der Waals surface area (Å²) in [5.74, 6) is 1.91. The number of aliphatic hydroxyl groups is 1. The number of phenols is 1. The standard InChI is InChI=1S/C41H49N3O6/c1-5-6-12-31(30-14-16-38(46)33(19-30)25-45)23-42-27(2)17-29-13-15-36-32(18-29)20-37(44-36)41(47)43-24-35-39(48-3)21-34(22-40(35)49-4)50-26-28-10-8-7-9-11-28/h7-11,13-16,18-22,27,31,42,44-46H,5-6,12,17,23-26H2,1-4H3,(H,43,47). The highest BCUT2D eigenvalue weighted by atomic mass is 16.5. The first kappa shape index (κ1) is 36.3. The quantitative estimate of drug-likeness (QED) is 0.0654. The summed E-state index contributed by atoms with van der Waals surface area (Å²) in [6, 6.07) is 27.4. The molecule has 0 aliphatic carbocycles. The molecule has 0 saturated heterocycles. The zero-order valence-corrected chi connectivity index (χ0v) is 29.4. The second-order valence-corrected chi connectivity index (χ2v) is 12.8. The molecule has 0 fully saturated rings. The van der Waals surface area contributed by atoms with Crippen LogP contribution in [0.2, 0.25) is 0 Å². The summed E-state index contributed by atoms with van der Waals surface area (Å²) in [6.07, 6.45) is 4.06. The summed E-state index contributed by atoms with van der Waals surface area (Å²) < 4.78 is 17.3. The van der Waals surface area contributed by atoms with Crippen molar-refractivity contribution in [3.8, 4) is 23.0 Å². The van der Waals surface area contributed by atoms with Crippen molar-refractivity contribution in [3.05, 3.63) is 118 Å². The van der Waals surface area contributed by atoms with E-state index in [1.807, 2.05) is 54.6 Å². The van der Waals surface area contributed by atoms with Crippen LogP contribution < -0.4 is 24.8 Å². The average molecular weight is 680 g/mol. The number of rotatable bonds is 18. The Kier molecular flexibility index (Phi) is 12.8. The van der Waals surface area contributed by atoms with Gasteiger partial charge in [-0.25, -0.2) is 0 Å². The van der Waals surface area contributed by atoms with Crippen LogP contribution in [0.15, 0.2) is 84.9 Å². The fourth-order valence-electron chi connectivity index (χ4n) is 6.25. The predicted octanol–water partition coefficient (Wildman–Crippen LogP) is 7.39. The third-order valence-corrected chi connectivity index (χ3v) is 9.09. The first-order valence-electron chi connectivity index (χ1n) is 17.3.